The minimum atomic E-state index is 0.240. The van der Waals surface area contributed by atoms with E-state index in [1.54, 1.807) is 18.2 Å². The smallest absolute Gasteiger partial charge is 0.123 e. The first-order valence-electron chi connectivity index (χ1n) is 12.3. The summed E-state index contributed by atoms with van der Waals surface area (Å²) in [6, 6.07) is 21.0. The molecule has 0 aliphatic carbocycles. The van der Waals surface area contributed by atoms with Crippen molar-refractivity contribution in [1.29, 1.82) is 0 Å². The van der Waals surface area contributed by atoms with Crippen LogP contribution in [0.4, 0.5) is 0 Å². The molecule has 0 radical (unpaired) electrons. The molecule has 182 valence electrons. The minimum Gasteiger partial charge on any atom is -0.508 e. The molecule has 0 aliphatic rings. The molecule has 2 nitrogen and oxygen atoms in total. The lowest BCUT2D eigenvalue weighted by Crippen LogP contribution is -2.23. The standard InChI is InChI=1S/C16H26O.C10H8O.C5H12/c1-15(2,3)11-14(16(4,5)6)12-7-9-13(17)10-8-12;11-10-7-3-5-8-4-1-2-6-9(8)10;1-3-5-4-2/h7-10,14,17H,11H2,1-6H3;1-7,11H;3-5H2,1-2H3. The molecule has 1 unspecified atom stereocenters. The van der Waals surface area contributed by atoms with Crippen LogP contribution >= 0.6 is 0 Å². The van der Waals surface area contributed by atoms with Gasteiger partial charge in [0.05, 0.1) is 0 Å². The van der Waals surface area contributed by atoms with Gasteiger partial charge in [-0.2, -0.15) is 0 Å². The molecule has 0 amide bonds. The number of aromatic hydroxyl groups is 2. The van der Waals surface area contributed by atoms with Gasteiger partial charge in [0.15, 0.2) is 0 Å². The Balaban J connectivity index is 0.000000289. The van der Waals surface area contributed by atoms with Gasteiger partial charge < -0.3 is 10.2 Å². The average molecular weight is 451 g/mol. The molecule has 3 aromatic carbocycles. The summed E-state index contributed by atoms with van der Waals surface area (Å²) in [5.41, 5.74) is 1.88. The van der Waals surface area contributed by atoms with Crippen LogP contribution in [-0.2, 0) is 0 Å². The molecule has 0 spiro atoms. The van der Waals surface area contributed by atoms with Crippen molar-refractivity contribution in [2.24, 2.45) is 10.8 Å². The van der Waals surface area contributed by atoms with E-state index < -0.39 is 0 Å². The van der Waals surface area contributed by atoms with E-state index in [1.807, 2.05) is 36.4 Å². The van der Waals surface area contributed by atoms with Gasteiger partial charge in [0.25, 0.3) is 0 Å². The van der Waals surface area contributed by atoms with E-state index in [0.717, 1.165) is 17.2 Å². The zero-order valence-electron chi connectivity index (χ0n) is 22.2. The summed E-state index contributed by atoms with van der Waals surface area (Å²) < 4.78 is 0. The Kier molecular flexibility index (Phi) is 11.5. The zero-order valence-corrected chi connectivity index (χ0v) is 22.2. The van der Waals surface area contributed by atoms with Gasteiger partial charge in [-0.1, -0.05) is 123 Å². The lowest BCUT2D eigenvalue weighted by atomic mass is 9.69. The van der Waals surface area contributed by atoms with E-state index in [4.69, 9.17) is 0 Å². The van der Waals surface area contributed by atoms with Gasteiger partial charge in [0.1, 0.15) is 11.5 Å². The second-order valence-corrected chi connectivity index (χ2v) is 11.1. The van der Waals surface area contributed by atoms with Crippen molar-refractivity contribution in [1.82, 2.24) is 0 Å². The van der Waals surface area contributed by atoms with Crippen molar-refractivity contribution >= 4 is 10.8 Å². The third-order valence-corrected chi connectivity index (χ3v) is 5.63. The third kappa shape index (κ3) is 10.8. The Bertz CT molecular complexity index is 920. The first-order chi connectivity index (χ1) is 15.4. The summed E-state index contributed by atoms with van der Waals surface area (Å²) >= 11 is 0. The van der Waals surface area contributed by atoms with Crippen molar-refractivity contribution < 1.29 is 10.2 Å². The van der Waals surface area contributed by atoms with E-state index in [-0.39, 0.29) is 5.41 Å². The van der Waals surface area contributed by atoms with Crippen LogP contribution in [0.15, 0.2) is 66.7 Å². The molecule has 2 heteroatoms. The van der Waals surface area contributed by atoms with E-state index in [2.05, 4.69) is 67.5 Å². The zero-order chi connectivity index (χ0) is 25.1. The van der Waals surface area contributed by atoms with E-state index in [1.165, 1.54) is 24.8 Å². The first kappa shape index (κ1) is 28.6. The molecular formula is C31H46O2. The van der Waals surface area contributed by atoms with Crippen LogP contribution in [0.25, 0.3) is 10.8 Å². The lowest BCUT2D eigenvalue weighted by Gasteiger charge is -2.36. The fourth-order valence-corrected chi connectivity index (χ4v) is 3.80. The van der Waals surface area contributed by atoms with Gasteiger partial charge in [-0.3, -0.25) is 0 Å². The lowest BCUT2D eigenvalue weighted by molar-refractivity contribution is 0.229. The second kappa shape index (κ2) is 13.3. The maximum atomic E-state index is 9.37. The second-order valence-electron chi connectivity index (χ2n) is 11.1. The fourth-order valence-electron chi connectivity index (χ4n) is 3.80. The number of hydrogen-bond donors (Lipinski definition) is 2. The van der Waals surface area contributed by atoms with Crippen molar-refractivity contribution in [2.45, 2.75) is 87.0 Å². The Morgan fingerprint density at radius 2 is 1.24 bits per heavy atom. The number of unbranched alkanes of at least 4 members (excludes halogenated alkanes) is 2. The molecule has 3 aromatic rings. The van der Waals surface area contributed by atoms with Crippen LogP contribution in [0.1, 0.15) is 92.6 Å². The predicted molar refractivity (Wildman–Crippen MR) is 145 cm³/mol. The summed E-state index contributed by atoms with van der Waals surface area (Å²) in [7, 11) is 0. The van der Waals surface area contributed by atoms with E-state index in [0.29, 0.717) is 22.8 Å². The van der Waals surface area contributed by atoms with Crippen LogP contribution < -0.4 is 0 Å². The van der Waals surface area contributed by atoms with Gasteiger partial charge in [-0.25, -0.2) is 0 Å². The highest BCUT2D eigenvalue weighted by molar-refractivity contribution is 5.87. The van der Waals surface area contributed by atoms with E-state index in [9.17, 15) is 10.2 Å². The van der Waals surface area contributed by atoms with Crippen LogP contribution in [0.5, 0.6) is 11.5 Å². The number of hydrogen-bond acceptors (Lipinski definition) is 2. The normalized spacial score (nSPS) is 12.2. The molecule has 0 fully saturated rings. The quantitative estimate of drug-likeness (QED) is 0.415. The van der Waals surface area contributed by atoms with Crippen LogP contribution in [-0.4, -0.2) is 10.2 Å². The highest BCUT2D eigenvalue weighted by atomic mass is 16.3. The Labute approximate surface area is 202 Å². The molecular weight excluding hydrogens is 404 g/mol. The van der Waals surface area contributed by atoms with Crippen LogP contribution in [0.2, 0.25) is 0 Å². The number of phenolic OH excluding ortho intramolecular Hbond substituents is 2. The number of rotatable bonds is 4. The predicted octanol–water partition coefficient (Wildman–Crippen LogP) is 9.70. The van der Waals surface area contributed by atoms with Gasteiger partial charge in [-0.05, 0) is 52.3 Å². The summed E-state index contributed by atoms with van der Waals surface area (Å²) in [6.45, 7) is 18.1. The van der Waals surface area contributed by atoms with Crippen LogP contribution in [0.3, 0.4) is 0 Å². The van der Waals surface area contributed by atoms with Gasteiger partial charge in [0, 0.05) is 5.39 Å². The Hall–Kier alpha value is -2.48. The van der Waals surface area contributed by atoms with Gasteiger partial charge >= 0.3 is 0 Å². The molecule has 0 bridgehead atoms. The van der Waals surface area contributed by atoms with Gasteiger partial charge in [0.2, 0.25) is 0 Å². The topological polar surface area (TPSA) is 40.5 Å². The summed E-state index contributed by atoms with van der Waals surface area (Å²) in [5.74, 6) is 1.21. The first-order valence-corrected chi connectivity index (χ1v) is 12.3. The fraction of sp³-hybridized carbons (Fsp3) is 0.484. The molecule has 1 atom stereocenters. The Morgan fingerprint density at radius 1 is 0.697 bits per heavy atom. The molecule has 33 heavy (non-hydrogen) atoms. The maximum absolute atomic E-state index is 9.37. The van der Waals surface area contributed by atoms with Gasteiger partial charge in [-0.15, -0.1) is 0 Å². The number of phenols is 2. The van der Waals surface area contributed by atoms with Crippen molar-refractivity contribution in [3.63, 3.8) is 0 Å². The largest absolute Gasteiger partial charge is 0.508 e. The van der Waals surface area contributed by atoms with Crippen molar-refractivity contribution in [2.75, 3.05) is 0 Å². The highest BCUT2D eigenvalue weighted by Crippen LogP contribution is 2.43. The Morgan fingerprint density at radius 3 is 1.70 bits per heavy atom. The average Bonchev–Trinajstić information content (AvgIpc) is 2.73. The summed E-state index contributed by atoms with van der Waals surface area (Å²) in [5, 5.41) is 20.7. The molecule has 0 saturated heterocycles. The molecule has 2 N–H and O–H groups in total. The molecule has 0 saturated carbocycles. The molecule has 0 aromatic heterocycles. The molecule has 3 rings (SSSR count). The molecule has 0 heterocycles. The molecule has 0 aliphatic heterocycles. The maximum Gasteiger partial charge on any atom is 0.123 e. The van der Waals surface area contributed by atoms with Crippen molar-refractivity contribution in [3.8, 4) is 11.5 Å². The minimum absolute atomic E-state index is 0.240. The number of benzene rings is 3. The summed E-state index contributed by atoms with van der Waals surface area (Å²) in [4.78, 5) is 0. The summed E-state index contributed by atoms with van der Waals surface area (Å²) in [6.07, 6.45) is 5.23. The third-order valence-electron chi connectivity index (χ3n) is 5.63. The highest BCUT2D eigenvalue weighted by Gasteiger charge is 2.30. The van der Waals surface area contributed by atoms with E-state index >= 15 is 0 Å². The van der Waals surface area contributed by atoms with Crippen molar-refractivity contribution in [3.05, 3.63) is 72.3 Å². The van der Waals surface area contributed by atoms with Crippen LogP contribution in [0, 0.1) is 10.8 Å². The number of fused-ring (bicyclic) bond motifs is 1. The monoisotopic (exact) mass is 450 g/mol. The SMILES string of the molecule is CC(C)(C)CC(c1ccc(O)cc1)C(C)(C)C.CCCCC.Oc1cccc2ccccc12.